The number of rotatable bonds is 1. The van der Waals surface area contributed by atoms with Gasteiger partial charge in [0.25, 0.3) is 5.91 Å². The molecule has 5 nitrogen and oxygen atoms in total. The molecule has 3 heterocycles. The summed E-state index contributed by atoms with van der Waals surface area (Å²) in [4.78, 5) is 24.8. The molecule has 5 heteroatoms. The van der Waals surface area contributed by atoms with Crippen molar-refractivity contribution >= 4 is 23.2 Å². The smallest absolute Gasteiger partial charge is 0.262 e. The largest absolute Gasteiger partial charge is 0.323 e. The van der Waals surface area contributed by atoms with Gasteiger partial charge in [-0.1, -0.05) is 0 Å². The van der Waals surface area contributed by atoms with Crippen molar-refractivity contribution in [1.82, 2.24) is 9.97 Å². The van der Waals surface area contributed by atoms with Crippen molar-refractivity contribution in [3.63, 3.8) is 0 Å². The number of nitrogens with zero attached hydrogens (tertiary/aromatic N) is 4. The second kappa shape index (κ2) is 4.35. The van der Waals surface area contributed by atoms with Crippen LogP contribution in [0.25, 0.3) is 0 Å². The molecule has 0 aromatic carbocycles. The Bertz CT molecular complexity index is 641. The van der Waals surface area contributed by atoms with E-state index in [1.54, 1.807) is 36.5 Å². The van der Waals surface area contributed by atoms with Crippen LogP contribution in [0.3, 0.4) is 0 Å². The number of fused-ring (bicyclic) bond motifs is 2. The number of hydrogen-bond donors (Lipinski definition) is 0. The maximum Gasteiger partial charge on any atom is 0.262 e. The highest BCUT2D eigenvalue weighted by Gasteiger charge is 2.29. The zero-order valence-corrected chi connectivity index (χ0v) is 10.9. The zero-order chi connectivity index (χ0) is 13.4. The van der Waals surface area contributed by atoms with Crippen LogP contribution in [0, 0.1) is 0 Å². The molecule has 0 aliphatic carbocycles. The van der Waals surface area contributed by atoms with Crippen LogP contribution in [0.2, 0.25) is 0 Å². The summed E-state index contributed by atoms with van der Waals surface area (Å²) in [6.07, 6.45) is 3.40. The first-order valence-corrected chi connectivity index (χ1v) is 6.19. The van der Waals surface area contributed by atoms with Crippen LogP contribution in [-0.2, 0) is 0 Å². The fraction of sp³-hybridized carbons (Fsp3) is 0.214. The SMILES string of the molecule is CCN1c2cccnc2N(C)C(=O)c2cccnc21. The minimum absolute atomic E-state index is 0.0843. The Morgan fingerprint density at radius 1 is 1.11 bits per heavy atom. The molecule has 2 aromatic rings. The molecule has 96 valence electrons. The van der Waals surface area contributed by atoms with Crippen molar-refractivity contribution in [2.24, 2.45) is 0 Å². The molecule has 1 aliphatic rings. The highest BCUT2D eigenvalue weighted by molar-refractivity contribution is 6.12. The Morgan fingerprint density at radius 2 is 1.79 bits per heavy atom. The van der Waals surface area contributed by atoms with Gasteiger partial charge in [-0.05, 0) is 31.2 Å². The molecule has 2 aromatic heterocycles. The maximum atomic E-state index is 12.5. The molecular formula is C14H14N4O. The molecule has 0 N–H and O–H groups in total. The van der Waals surface area contributed by atoms with Crippen LogP contribution in [-0.4, -0.2) is 29.5 Å². The topological polar surface area (TPSA) is 49.3 Å². The minimum Gasteiger partial charge on any atom is -0.323 e. The highest BCUT2D eigenvalue weighted by atomic mass is 16.2. The van der Waals surface area contributed by atoms with E-state index in [4.69, 9.17) is 0 Å². The zero-order valence-electron chi connectivity index (χ0n) is 10.9. The fourth-order valence-electron chi connectivity index (χ4n) is 2.35. The van der Waals surface area contributed by atoms with E-state index >= 15 is 0 Å². The molecule has 0 fully saturated rings. The van der Waals surface area contributed by atoms with Crippen LogP contribution >= 0.6 is 0 Å². The second-order valence-corrected chi connectivity index (χ2v) is 4.33. The summed E-state index contributed by atoms with van der Waals surface area (Å²) in [5.41, 5.74) is 1.50. The summed E-state index contributed by atoms with van der Waals surface area (Å²) in [6, 6.07) is 7.41. The van der Waals surface area contributed by atoms with Gasteiger partial charge in [0, 0.05) is 26.0 Å². The van der Waals surface area contributed by atoms with Crippen molar-refractivity contribution in [3.8, 4) is 0 Å². The van der Waals surface area contributed by atoms with Gasteiger partial charge >= 0.3 is 0 Å². The van der Waals surface area contributed by atoms with E-state index in [9.17, 15) is 4.79 Å². The monoisotopic (exact) mass is 254 g/mol. The van der Waals surface area contributed by atoms with Gasteiger partial charge in [0.2, 0.25) is 0 Å². The van der Waals surface area contributed by atoms with Crippen molar-refractivity contribution in [2.45, 2.75) is 6.92 Å². The third-order valence-corrected chi connectivity index (χ3v) is 3.27. The molecule has 1 amide bonds. The van der Waals surface area contributed by atoms with Gasteiger partial charge in [-0.3, -0.25) is 9.69 Å². The third kappa shape index (κ3) is 1.66. The second-order valence-electron chi connectivity index (χ2n) is 4.33. The average molecular weight is 254 g/mol. The molecule has 3 rings (SSSR count). The number of pyridine rings is 2. The molecule has 0 saturated heterocycles. The summed E-state index contributed by atoms with van der Waals surface area (Å²) >= 11 is 0. The number of carbonyl (C=O) groups excluding carboxylic acids is 1. The van der Waals surface area contributed by atoms with E-state index in [-0.39, 0.29) is 5.91 Å². The molecular weight excluding hydrogens is 240 g/mol. The van der Waals surface area contributed by atoms with Crippen LogP contribution in [0.1, 0.15) is 17.3 Å². The van der Waals surface area contributed by atoms with Crippen LogP contribution in [0.5, 0.6) is 0 Å². The molecule has 19 heavy (non-hydrogen) atoms. The third-order valence-electron chi connectivity index (χ3n) is 3.27. The molecule has 1 aliphatic heterocycles. The minimum atomic E-state index is -0.0843. The van der Waals surface area contributed by atoms with Gasteiger partial charge in [-0.2, -0.15) is 0 Å². The number of aromatic nitrogens is 2. The van der Waals surface area contributed by atoms with E-state index in [2.05, 4.69) is 9.97 Å². The predicted octanol–water partition coefficient (Wildman–Crippen LogP) is 2.22. The quantitative estimate of drug-likeness (QED) is 0.783. The molecule has 0 bridgehead atoms. The Hall–Kier alpha value is -2.43. The van der Waals surface area contributed by atoms with E-state index in [0.29, 0.717) is 17.2 Å². The summed E-state index contributed by atoms with van der Waals surface area (Å²) in [5, 5.41) is 0. The van der Waals surface area contributed by atoms with Crippen molar-refractivity contribution in [1.29, 1.82) is 0 Å². The van der Waals surface area contributed by atoms with Crippen molar-refractivity contribution in [2.75, 3.05) is 23.4 Å². The number of hydrogen-bond acceptors (Lipinski definition) is 4. The summed E-state index contributed by atoms with van der Waals surface area (Å²) in [7, 11) is 1.74. The van der Waals surface area contributed by atoms with E-state index in [1.807, 2.05) is 24.0 Å². The van der Waals surface area contributed by atoms with E-state index in [0.717, 1.165) is 12.2 Å². The molecule has 0 atom stereocenters. The Labute approximate surface area is 111 Å². The summed E-state index contributed by atoms with van der Waals surface area (Å²) in [5.74, 6) is 1.26. The van der Waals surface area contributed by atoms with Gasteiger partial charge in [0.05, 0.1) is 11.3 Å². The first-order chi connectivity index (χ1) is 9.24. The summed E-state index contributed by atoms with van der Waals surface area (Å²) < 4.78 is 0. The summed E-state index contributed by atoms with van der Waals surface area (Å²) in [6.45, 7) is 2.76. The van der Waals surface area contributed by atoms with Gasteiger partial charge in [0.15, 0.2) is 5.82 Å². The van der Waals surface area contributed by atoms with Gasteiger partial charge < -0.3 is 4.90 Å². The van der Waals surface area contributed by atoms with Gasteiger partial charge in [0.1, 0.15) is 5.82 Å². The number of carbonyl (C=O) groups is 1. The molecule has 0 radical (unpaired) electrons. The normalized spacial score (nSPS) is 13.9. The average Bonchev–Trinajstić information content (AvgIpc) is 2.55. The molecule has 0 unspecified atom stereocenters. The first kappa shape index (κ1) is 11.6. The molecule has 0 spiro atoms. The predicted molar refractivity (Wildman–Crippen MR) is 73.9 cm³/mol. The Kier molecular flexibility index (Phi) is 2.67. The maximum absolute atomic E-state index is 12.5. The van der Waals surface area contributed by atoms with Crippen molar-refractivity contribution < 1.29 is 4.79 Å². The lowest BCUT2D eigenvalue weighted by molar-refractivity contribution is 0.0993. The Balaban J connectivity index is 2.31. The van der Waals surface area contributed by atoms with Crippen LogP contribution in [0.4, 0.5) is 17.3 Å². The van der Waals surface area contributed by atoms with Crippen LogP contribution in [0.15, 0.2) is 36.7 Å². The Morgan fingerprint density at radius 3 is 2.53 bits per heavy atom. The fourth-order valence-corrected chi connectivity index (χ4v) is 2.35. The number of amides is 1. The standard InChI is InChI=1S/C14H14N4O/c1-3-18-11-7-5-9-16-13(11)17(2)14(19)10-6-4-8-15-12(10)18/h4-9H,3H2,1-2H3. The highest BCUT2D eigenvalue weighted by Crippen LogP contribution is 2.36. The lowest BCUT2D eigenvalue weighted by atomic mass is 10.2. The van der Waals surface area contributed by atoms with Gasteiger partial charge in [-0.15, -0.1) is 0 Å². The lowest BCUT2D eigenvalue weighted by Crippen LogP contribution is -2.26. The lowest BCUT2D eigenvalue weighted by Gasteiger charge is -2.22. The van der Waals surface area contributed by atoms with Gasteiger partial charge in [-0.25, -0.2) is 9.97 Å². The van der Waals surface area contributed by atoms with Crippen molar-refractivity contribution in [3.05, 3.63) is 42.2 Å². The van der Waals surface area contributed by atoms with E-state index in [1.165, 1.54) is 0 Å². The first-order valence-electron chi connectivity index (χ1n) is 6.19. The van der Waals surface area contributed by atoms with Crippen LogP contribution < -0.4 is 9.80 Å². The van der Waals surface area contributed by atoms with E-state index < -0.39 is 0 Å². The molecule has 0 saturated carbocycles. The number of anilines is 3.